The molecule has 0 aliphatic heterocycles. The maximum Gasteiger partial charge on any atom is 0.280 e. The van der Waals surface area contributed by atoms with Crippen LogP contribution in [-0.4, -0.2) is 21.4 Å². The van der Waals surface area contributed by atoms with Gasteiger partial charge in [-0.15, -0.1) is 0 Å². The fourth-order valence-corrected chi connectivity index (χ4v) is 4.10. The van der Waals surface area contributed by atoms with E-state index in [0.29, 0.717) is 22.4 Å². The van der Waals surface area contributed by atoms with E-state index in [-0.39, 0.29) is 11.9 Å². The van der Waals surface area contributed by atoms with Crippen LogP contribution in [0.15, 0.2) is 47.5 Å². The number of aromatic nitrogens is 2. The molecule has 7 heteroatoms. The normalized spacial score (nSPS) is 15.1. The molecular weight excluding hydrogens is 378 g/mol. The molecule has 0 unspecified atom stereocenters. The molecule has 0 radical (unpaired) electrons. The fraction of sp³-hybridized carbons (Fsp3) is 0.304. The SMILES string of the molecule is CC(=O)Nc1ccc2c(c1)[nH]/c(=N\C(=O)c1cccc(C#N)c1)n2C1CCCCC1. The van der Waals surface area contributed by atoms with E-state index < -0.39 is 5.91 Å². The summed E-state index contributed by atoms with van der Waals surface area (Å²) in [5.41, 5.74) is 3.74. The largest absolute Gasteiger partial charge is 0.326 e. The quantitative estimate of drug-likeness (QED) is 0.692. The van der Waals surface area contributed by atoms with Crippen LogP contribution in [0.3, 0.4) is 0 Å². The summed E-state index contributed by atoms with van der Waals surface area (Å²) in [5, 5.41) is 11.9. The molecule has 1 aliphatic rings. The van der Waals surface area contributed by atoms with E-state index >= 15 is 0 Å². The van der Waals surface area contributed by atoms with Crippen LogP contribution >= 0.6 is 0 Å². The van der Waals surface area contributed by atoms with Gasteiger partial charge in [0.25, 0.3) is 5.91 Å². The second kappa shape index (κ2) is 8.37. The predicted octanol–water partition coefficient (Wildman–Crippen LogP) is 4.05. The smallest absolute Gasteiger partial charge is 0.280 e. The number of hydrogen-bond acceptors (Lipinski definition) is 3. The van der Waals surface area contributed by atoms with Crippen molar-refractivity contribution in [3.8, 4) is 6.07 Å². The van der Waals surface area contributed by atoms with Crippen LogP contribution in [0.1, 0.15) is 61.0 Å². The number of amides is 2. The van der Waals surface area contributed by atoms with Gasteiger partial charge in [-0.1, -0.05) is 25.3 Å². The molecule has 7 nitrogen and oxygen atoms in total. The molecule has 0 saturated heterocycles. The molecule has 2 amide bonds. The number of nitrogens with zero attached hydrogens (tertiary/aromatic N) is 3. The summed E-state index contributed by atoms with van der Waals surface area (Å²) in [7, 11) is 0. The van der Waals surface area contributed by atoms with Gasteiger partial charge in [0.1, 0.15) is 0 Å². The molecule has 0 atom stereocenters. The number of anilines is 1. The van der Waals surface area contributed by atoms with Gasteiger partial charge in [0.2, 0.25) is 11.5 Å². The number of H-pyrrole nitrogens is 1. The van der Waals surface area contributed by atoms with Crippen LogP contribution in [-0.2, 0) is 4.79 Å². The van der Waals surface area contributed by atoms with E-state index in [2.05, 4.69) is 25.9 Å². The van der Waals surface area contributed by atoms with Crippen LogP contribution in [0.2, 0.25) is 0 Å². The molecule has 1 saturated carbocycles. The number of hydrogen-bond donors (Lipinski definition) is 2. The highest BCUT2D eigenvalue weighted by atomic mass is 16.2. The van der Waals surface area contributed by atoms with Crippen LogP contribution in [0.5, 0.6) is 0 Å². The van der Waals surface area contributed by atoms with Crippen molar-refractivity contribution in [2.24, 2.45) is 4.99 Å². The number of nitrogens with one attached hydrogen (secondary N) is 2. The molecule has 2 aromatic carbocycles. The van der Waals surface area contributed by atoms with E-state index in [0.717, 1.165) is 36.7 Å². The second-order valence-electron chi connectivity index (χ2n) is 7.63. The van der Waals surface area contributed by atoms with Crippen LogP contribution in [0.25, 0.3) is 11.0 Å². The highest BCUT2D eigenvalue weighted by Crippen LogP contribution is 2.30. The lowest BCUT2D eigenvalue weighted by atomic mass is 9.95. The number of rotatable bonds is 3. The topological polar surface area (TPSA) is 103 Å². The lowest BCUT2D eigenvalue weighted by Crippen LogP contribution is -2.26. The lowest BCUT2D eigenvalue weighted by molar-refractivity contribution is -0.114. The van der Waals surface area contributed by atoms with Gasteiger partial charge >= 0.3 is 0 Å². The molecule has 4 rings (SSSR count). The van der Waals surface area contributed by atoms with Gasteiger partial charge in [-0.2, -0.15) is 10.3 Å². The molecule has 30 heavy (non-hydrogen) atoms. The van der Waals surface area contributed by atoms with Crippen molar-refractivity contribution < 1.29 is 9.59 Å². The second-order valence-corrected chi connectivity index (χ2v) is 7.63. The van der Waals surface area contributed by atoms with E-state index in [4.69, 9.17) is 5.26 Å². The number of benzene rings is 2. The van der Waals surface area contributed by atoms with Crippen LogP contribution in [0, 0.1) is 11.3 Å². The van der Waals surface area contributed by atoms with Gasteiger partial charge in [-0.05, 0) is 49.2 Å². The maximum absolute atomic E-state index is 12.8. The minimum Gasteiger partial charge on any atom is -0.326 e. The van der Waals surface area contributed by atoms with Crippen LogP contribution < -0.4 is 10.9 Å². The monoisotopic (exact) mass is 401 g/mol. The van der Waals surface area contributed by atoms with Crippen molar-refractivity contribution in [2.45, 2.75) is 45.1 Å². The van der Waals surface area contributed by atoms with Gasteiger partial charge in [-0.25, -0.2) is 0 Å². The molecule has 3 aromatic rings. The summed E-state index contributed by atoms with van der Waals surface area (Å²) in [4.78, 5) is 31.9. The summed E-state index contributed by atoms with van der Waals surface area (Å²) in [6.45, 7) is 1.47. The van der Waals surface area contributed by atoms with Crippen molar-refractivity contribution in [2.75, 3.05) is 5.32 Å². The minimum absolute atomic E-state index is 0.140. The fourth-order valence-electron chi connectivity index (χ4n) is 4.10. The average Bonchev–Trinajstić information content (AvgIpc) is 3.10. The first-order valence-corrected chi connectivity index (χ1v) is 10.2. The Bertz CT molecular complexity index is 1220. The van der Waals surface area contributed by atoms with E-state index in [1.54, 1.807) is 24.3 Å². The Balaban J connectivity index is 1.83. The minimum atomic E-state index is -0.398. The van der Waals surface area contributed by atoms with Crippen molar-refractivity contribution in [1.82, 2.24) is 9.55 Å². The average molecular weight is 401 g/mol. The van der Waals surface area contributed by atoms with Crippen molar-refractivity contribution in [3.05, 3.63) is 59.2 Å². The summed E-state index contributed by atoms with van der Waals surface area (Å²) < 4.78 is 2.11. The first-order chi connectivity index (χ1) is 14.5. The van der Waals surface area contributed by atoms with E-state index in [9.17, 15) is 9.59 Å². The van der Waals surface area contributed by atoms with Gasteiger partial charge in [-0.3, -0.25) is 9.59 Å². The standard InChI is InChI=1S/C23H23N5O2/c1-15(29)25-18-10-11-21-20(13-18)26-23(28(21)19-8-3-2-4-9-19)27-22(30)17-7-5-6-16(12-17)14-24/h5-7,10-13,19H,2-4,8-9H2,1H3,(H,25,29)(H,26,27,30). The zero-order chi connectivity index (χ0) is 21.1. The Labute approximate surface area is 174 Å². The lowest BCUT2D eigenvalue weighted by Gasteiger charge is -2.23. The third-order valence-corrected chi connectivity index (χ3v) is 5.44. The Morgan fingerprint density at radius 2 is 1.97 bits per heavy atom. The number of imidazole rings is 1. The molecular formula is C23H23N5O2. The Morgan fingerprint density at radius 3 is 2.70 bits per heavy atom. The molecule has 1 fully saturated rings. The number of carbonyl (C=O) groups is 2. The van der Waals surface area contributed by atoms with E-state index in [1.165, 1.54) is 13.3 Å². The van der Waals surface area contributed by atoms with Crippen LogP contribution in [0.4, 0.5) is 5.69 Å². The summed E-state index contributed by atoms with van der Waals surface area (Å²) in [5.74, 6) is -0.538. The zero-order valence-electron chi connectivity index (χ0n) is 16.8. The zero-order valence-corrected chi connectivity index (χ0v) is 16.8. The van der Waals surface area contributed by atoms with Gasteiger partial charge in [0.05, 0.1) is 22.7 Å². The van der Waals surface area contributed by atoms with Crippen molar-refractivity contribution in [1.29, 1.82) is 5.26 Å². The summed E-state index contributed by atoms with van der Waals surface area (Å²) >= 11 is 0. The number of nitriles is 1. The molecule has 2 N–H and O–H groups in total. The first kappa shape index (κ1) is 19.6. The predicted molar refractivity (Wildman–Crippen MR) is 114 cm³/mol. The summed E-state index contributed by atoms with van der Waals surface area (Å²) in [6.07, 6.45) is 5.58. The molecule has 152 valence electrons. The van der Waals surface area contributed by atoms with Gasteiger partial charge < -0.3 is 14.9 Å². The highest BCUT2D eigenvalue weighted by Gasteiger charge is 2.20. The number of carbonyl (C=O) groups excluding carboxylic acids is 2. The van der Waals surface area contributed by atoms with Crippen molar-refractivity contribution in [3.63, 3.8) is 0 Å². The Hall–Kier alpha value is -3.66. The maximum atomic E-state index is 12.8. The van der Waals surface area contributed by atoms with Gasteiger partial charge in [0, 0.05) is 24.2 Å². The summed E-state index contributed by atoms with van der Waals surface area (Å²) in [6, 6.07) is 14.5. The third kappa shape index (κ3) is 4.03. The van der Waals surface area contributed by atoms with E-state index in [1.807, 2.05) is 18.2 Å². The molecule has 0 spiro atoms. The van der Waals surface area contributed by atoms with Crippen molar-refractivity contribution >= 4 is 28.5 Å². The molecule has 1 heterocycles. The Kier molecular flexibility index (Phi) is 5.48. The highest BCUT2D eigenvalue weighted by molar-refractivity contribution is 5.95. The Morgan fingerprint density at radius 1 is 1.17 bits per heavy atom. The third-order valence-electron chi connectivity index (χ3n) is 5.44. The first-order valence-electron chi connectivity index (χ1n) is 10.2. The number of fused-ring (bicyclic) bond motifs is 1. The number of aromatic amines is 1. The molecule has 1 aliphatic carbocycles. The van der Waals surface area contributed by atoms with Gasteiger partial charge in [0.15, 0.2) is 0 Å². The molecule has 1 aromatic heterocycles. The molecule has 0 bridgehead atoms.